The molecule has 0 spiro atoms. The van der Waals surface area contributed by atoms with Crippen LogP contribution in [-0.4, -0.2) is 16.2 Å². The summed E-state index contributed by atoms with van der Waals surface area (Å²) in [5.41, 5.74) is 1.41. The van der Waals surface area contributed by atoms with E-state index in [-0.39, 0.29) is 0 Å². The van der Waals surface area contributed by atoms with Gasteiger partial charge in [0.05, 0.1) is 16.9 Å². The van der Waals surface area contributed by atoms with Gasteiger partial charge in [0, 0.05) is 5.57 Å². The van der Waals surface area contributed by atoms with Gasteiger partial charge >= 0.3 is 6.29 Å². The zero-order valence-electron chi connectivity index (χ0n) is 6.05. The number of rotatable bonds is 1. The fourth-order valence-electron chi connectivity index (χ4n) is 1.14. The van der Waals surface area contributed by atoms with Crippen molar-refractivity contribution in [3.8, 4) is 0 Å². The van der Waals surface area contributed by atoms with Gasteiger partial charge in [-0.3, -0.25) is 4.79 Å². The molecule has 60 valence electrons. The van der Waals surface area contributed by atoms with E-state index in [0.29, 0.717) is 16.2 Å². The predicted molar refractivity (Wildman–Crippen MR) is 45.4 cm³/mol. The molecule has 2 nitrogen and oxygen atoms in total. The zero-order chi connectivity index (χ0) is 8.27. The first kappa shape index (κ1) is 8.34. The molecule has 0 aromatic rings. The van der Waals surface area contributed by atoms with Gasteiger partial charge in [-0.05, 0) is 19.3 Å². The summed E-state index contributed by atoms with van der Waals surface area (Å²) in [5, 5.41) is 9.19. The quantitative estimate of drug-likeness (QED) is 0.369. The highest BCUT2D eigenvalue weighted by Gasteiger charge is 2.16. The van der Waals surface area contributed by atoms with Gasteiger partial charge in [0.25, 0.3) is 0 Å². The van der Waals surface area contributed by atoms with Crippen LogP contribution in [0.3, 0.4) is 0 Å². The molecule has 0 fully saturated rings. The van der Waals surface area contributed by atoms with Crippen molar-refractivity contribution in [3.05, 3.63) is 22.4 Å². The van der Waals surface area contributed by atoms with Gasteiger partial charge in [-0.25, -0.2) is 0 Å². The minimum atomic E-state index is 0.487. The molecule has 1 rings (SSSR count). The third-order valence-electron chi connectivity index (χ3n) is 1.77. The highest BCUT2D eigenvalue weighted by molar-refractivity contribution is 6.33. The number of hydrogen-bond donors (Lipinski definition) is 1. The van der Waals surface area contributed by atoms with Crippen LogP contribution in [0.4, 0.5) is 0 Å². The second-order valence-corrected chi connectivity index (χ2v) is 2.85. The van der Waals surface area contributed by atoms with Gasteiger partial charge in [-0.2, -0.15) is 0 Å². The zero-order valence-corrected chi connectivity index (χ0v) is 6.80. The highest BCUT2D eigenvalue weighted by Crippen LogP contribution is 2.30. The van der Waals surface area contributed by atoms with E-state index in [2.05, 4.69) is 0 Å². The Balaban J connectivity index is 2.97. The van der Waals surface area contributed by atoms with E-state index in [1.807, 2.05) is 0 Å². The Hall–Kier alpha value is -0.760. The number of halogens is 1. The SMILES string of the molecule is O/C=C1\CCCC(C=[OH+])=C1Cl. The minimum absolute atomic E-state index is 0.487. The van der Waals surface area contributed by atoms with Gasteiger partial charge in [-0.1, -0.05) is 11.6 Å². The lowest BCUT2D eigenvalue weighted by Crippen LogP contribution is -2.00. The molecule has 11 heavy (non-hydrogen) atoms. The number of aliphatic hydroxyl groups excluding tert-OH is 1. The summed E-state index contributed by atoms with van der Waals surface area (Å²) in [6.45, 7) is 0. The second-order valence-electron chi connectivity index (χ2n) is 2.48. The molecular weight excluding hydrogens is 164 g/mol. The van der Waals surface area contributed by atoms with Gasteiger partial charge in [0.1, 0.15) is 0 Å². The molecule has 0 atom stereocenters. The summed E-state index contributed by atoms with van der Waals surface area (Å²) in [7, 11) is 0. The summed E-state index contributed by atoms with van der Waals surface area (Å²) in [5.74, 6) is 0. The highest BCUT2D eigenvalue weighted by atomic mass is 35.5. The molecule has 0 aliphatic heterocycles. The van der Waals surface area contributed by atoms with Crippen molar-refractivity contribution in [3.63, 3.8) is 0 Å². The third-order valence-corrected chi connectivity index (χ3v) is 2.25. The van der Waals surface area contributed by atoms with Crippen molar-refractivity contribution in [1.82, 2.24) is 0 Å². The van der Waals surface area contributed by atoms with Crippen molar-refractivity contribution in [2.45, 2.75) is 19.3 Å². The molecule has 0 amide bonds. The van der Waals surface area contributed by atoms with Crippen LogP contribution in [0.25, 0.3) is 0 Å². The second kappa shape index (κ2) is 3.58. The monoisotopic (exact) mass is 173 g/mol. The first-order chi connectivity index (χ1) is 5.29. The summed E-state index contributed by atoms with van der Waals surface area (Å²) < 4.78 is 0. The van der Waals surface area contributed by atoms with Gasteiger partial charge in [0.2, 0.25) is 0 Å². The molecule has 0 saturated heterocycles. The van der Waals surface area contributed by atoms with E-state index in [0.717, 1.165) is 31.8 Å². The van der Waals surface area contributed by atoms with Crippen LogP contribution >= 0.6 is 11.6 Å². The normalized spacial score (nSPS) is 22.5. The molecule has 0 saturated carbocycles. The number of allylic oxidation sites excluding steroid dienone is 3. The van der Waals surface area contributed by atoms with Crippen LogP contribution in [0.1, 0.15) is 19.3 Å². The van der Waals surface area contributed by atoms with Crippen molar-refractivity contribution in [2.24, 2.45) is 0 Å². The maximum absolute atomic E-state index is 8.70. The average molecular weight is 174 g/mol. The lowest BCUT2D eigenvalue weighted by Gasteiger charge is -2.11. The lowest BCUT2D eigenvalue weighted by atomic mass is 9.96. The summed E-state index contributed by atoms with van der Waals surface area (Å²) >= 11 is 5.81. The molecular formula is C8H10ClO2+. The van der Waals surface area contributed by atoms with E-state index in [1.54, 1.807) is 0 Å². The molecule has 3 heteroatoms. The fraction of sp³-hybridized carbons (Fsp3) is 0.375. The number of carbonyl (C=O) groups excluding carboxylic acids is 1. The first-order valence-corrected chi connectivity index (χ1v) is 3.87. The molecule has 0 bridgehead atoms. The van der Waals surface area contributed by atoms with Crippen LogP contribution in [0.15, 0.2) is 22.4 Å². The molecule has 0 aromatic carbocycles. The van der Waals surface area contributed by atoms with E-state index >= 15 is 0 Å². The molecule has 1 aliphatic carbocycles. The predicted octanol–water partition coefficient (Wildman–Crippen LogP) is 2.28. The van der Waals surface area contributed by atoms with E-state index < -0.39 is 0 Å². The first-order valence-electron chi connectivity index (χ1n) is 3.49. The third kappa shape index (κ3) is 1.63. The Kier molecular flexibility index (Phi) is 2.71. The Labute approximate surface area is 70.2 Å². The van der Waals surface area contributed by atoms with Gasteiger partial charge in [0.15, 0.2) is 0 Å². The Morgan fingerprint density at radius 2 is 2.18 bits per heavy atom. The topological polar surface area (TPSA) is 41.6 Å². The van der Waals surface area contributed by atoms with Crippen LogP contribution in [0.2, 0.25) is 0 Å². The fourth-order valence-corrected chi connectivity index (χ4v) is 1.42. The molecule has 1 aliphatic rings. The lowest BCUT2D eigenvalue weighted by molar-refractivity contribution is 0.464. The average Bonchev–Trinajstić information content (AvgIpc) is 2.05. The number of aliphatic hydroxyl groups is 1. The van der Waals surface area contributed by atoms with Crippen LogP contribution in [0, 0.1) is 0 Å². The Bertz CT molecular complexity index is 228. The van der Waals surface area contributed by atoms with E-state index in [4.69, 9.17) is 21.5 Å². The van der Waals surface area contributed by atoms with Crippen molar-refractivity contribution < 1.29 is 9.90 Å². The summed E-state index contributed by atoms with van der Waals surface area (Å²) in [6.07, 6.45) is 4.50. The van der Waals surface area contributed by atoms with E-state index in [9.17, 15) is 0 Å². The molecule has 2 N–H and O–H groups in total. The van der Waals surface area contributed by atoms with Gasteiger partial charge < -0.3 is 5.11 Å². The van der Waals surface area contributed by atoms with Crippen molar-refractivity contribution >= 4 is 17.9 Å². The molecule has 0 heterocycles. The Morgan fingerprint density at radius 3 is 2.73 bits per heavy atom. The minimum Gasteiger partial charge on any atom is -0.515 e. The molecule has 0 radical (unpaired) electrons. The van der Waals surface area contributed by atoms with Crippen LogP contribution in [-0.2, 0) is 0 Å². The summed E-state index contributed by atoms with van der Waals surface area (Å²) in [6, 6.07) is 0. The number of hydrogen-bond acceptors (Lipinski definition) is 1. The standard InChI is InChI=1S/C8H9ClO2/c9-8-6(4-10)2-1-3-7(8)5-11/h4-5,10H,1-3H2/p+1/b6-4+. The largest absolute Gasteiger partial charge is 0.515 e. The maximum atomic E-state index is 8.70. The van der Waals surface area contributed by atoms with Crippen LogP contribution < -0.4 is 0 Å². The smallest absolute Gasteiger partial charge is 0.309 e. The van der Waals surface area contributed by atoms with E-state index in [1.165, 1.54) is 0 Å². The van der Waals surface area contributed by atoms with Crippen molar-refractivity contribution in [2.75, 3.05) is 0 Å². The van der Waals surface area contributed by atoms with Crippen LogP contribution in [0.5, 0.6) is 0 Å². The molecule has 0 unspecified atom stereocenters. The number of aldehydes is 1. The summed E-state index contributed by atoms with van der Waals surface area (Å²) in [4.78, 5) is 8.70. The van der Waals surface area contributed by atoms with Gasteiger partial charge in [-0.15, -0.1) is 0 Å². The van der Waals surface area contributed by atoms with Crippen molar-refractivity contribution in [1.29, 1.82) is 0 Å². The molecule has 0 aromatic heterocycles. The maximum Gasteiger partial charge on any atom is 0.309 e. The Morgan fingerprint density at radius 1 is 1.45 bits per heavy atom.